The van der Waals surface area contributed by atoms with E-state index >= 15 is 0 Å². The van der Waals surface area contributed by atoms with Crippen LogP contribution in [0.3, 0.4) is 0 Å². The molecule has 0 fully saturated rings. The van der Waals surface area contributed by atoms with Crippen molar-refractivity contribution in [2.75, 3.05) is 6.26 Å². The molecule has 0 N–H and O–H groups in total. The predicted octanol–water partition coefficient (Wildman–Crippen LogP) is 5.29. The molecule has 3 aromatic rings. The van der Waals surface area contributed by atoms with Crippen LogP contribution in [-0.2, 0) is 0 Å². The van der Waals surface area contributed by atoms with E-state index in [2.05, 4.69) is 60.9 Å². The number of thiophene rings is 1. The van der Waals surface area contributed by atoms with E-state index in [0.29, 0.717) is 0 Å². The molecule has 0 aliphatic heterocycles. The SMILES string of the molecule is CSc1ccccc1-c1cc2ccccc2s1. The van der Waals surface area contributed by atoms with Gasteiger partial charge in [0.15, 0.2) is 0 Å². The van der Waals surface area contributed by atoms with Crippen molar-refractivity contribution < 1.29 is 0 Å². The fourth-order valence-electron chi connectivity index (χ4n) is 1.96. The number of fused-ring (bicyclic) bond motifs is 1. The molecule has 84 valence electrons. The second-order valence-electron chi connectivity index (χ2n) is 3.85. The van der Waals surface area contributed by atoms with Crippen LogP contribution in [0.2, 0.25) is 0 Å². The maximum Gasteiger partial charge on any atom is 0.0366 e. The first-order valence-corrected chi connectivity index (χ1v) is 7.54. The number of thioether (sulfide) groups is 1. The number of rotatable bonds is 2. The molecule has 2 heteroatoms. The van der Waals surface area contributed by atoms with Crippen LogP contribution in [-0.4, -0.2) is 6.26 Å². The summed E-state index contributed by atoms with van der Waals surface area (Å²) in [7, 11) is 0. The van der Waals surface area contributed by atoms with E-state index in [1.807, 2.05) is 11.3 Å². The van der Waals surface area contributed by atoms with E-state index in [-0.39, 0.29) is 0 Å². The van der Waals surface area contributed by atoms with E-state index < -0.39 is 0 Å². The predicted molar refractivity (Wildman–Crippen MR) is 79.0 cm³/mol. The van der Waals surface area contributed by atoms with Crippen molar-refractivity contribution in [2.45, 2.75) is 4.90 Å². The van der Waals surface area contributed by atoms with Crippen molar-refractivity contribution in [2.24, 2.45) is 0 Å². The summed E-state index contributed by atoms with van der Waals surface area (Å²) in [5.74, 6) is 0. The first-order valence-electron chi connectivity index (χ1n) is 5.50. The molecule has 0 saturated heterocycles. The molecule has 0 bridgehead atoms. The van der Waals surface area contributed by atoms with E-state index in [0.717, 1.165) is 0 Å². The van der Waals surface area contributed by atoms with Gasteiger partial charge < -0.3 is 0 Å². The fraction of sp³-hybridized carbons (Fsp3) is 0.0667. The zero-order valence-corrected chi connectivity index (χ0v) is 11.1. The molecule has 0 aliphatic rings. The minimum Gasteiger partial charge on any atom is -0.135 e. The highest BCUT2D eigenvalue weighted by molar-refractivity contribution is 7.98. The van der Waals surface area contributed by atoms with Crippen LogP contribution in [0.4, 0.5) is 0 Å². The summed E-state index contributed by atoms with van der Waals surface area (Å²) in [4.78, 5) is 2.70. The molecule has 1 heterocycles. The Balaban J connectivity index is 2.20. The van der Waals surface area contributed by atoms with Gasteiger partial charge in [0.2, 0.25) is 0 Å². The Hall–Kier alpha value is -1.25. The topological polar surface area (TPSA) is 0 Å². The lowest BCUT2D eigenvalue weighted by Crippen LogP contribution is -1.76. The van der Waals surface area contributed by atoms with Crippen molar-refractivity contribution in [1.29, 1.82) is 0 Å². The molecule has 0 unspecified atom stereocenters. The molecule has 0 spiro atoms. The van der Waals surface area contributed by atoms with Gasteiger partial charge in [0, 0.05) is 20.0 Å². The highest BCUT2D eigenvalue weighted by atomic mass is 32.2. The first kappa shape index (κ1) is 10.9. The normalized spacial score (nSPS) is 10.9. The summed E-state index contributed by atoms with van der Waals surface area (Å²) >= 11 is 3.67. The van der Waals surface area contributed by atoms with Crippen molar-refractivity contribution >= 4 is 33.2 Å². The molecule has 0 radical (unpaired) electrons. The molecular weight excluding hydrogens is 244 g/mol. The molecule has 3 rings (SSSR count). The maximum atomic E-state index is 2.29. The average Bonchev–Trinajstić information content (AvgIpc) is 2.82. The lowest BCUT2D eigenvalue weighted by Gasteiger charge is -2.03. The minimum absolute atomic E-state index is 1.34. The van der Waals surface area contributed by atoms with Gasteiger partial charge in [0.1, 0.15) is 0 Å². The summed E-state index contributed by atoms with van der Waals surface area (Å²) in [6, 6.07) is 19.4. The van der Waals surface area contributed by atoms with E-state index in [1.165, 1.54) is 25.4 Å². The summed E-state index contributed by atoms with van der Waals surface area (Å²) in [5.41, 5.74) is 1.35. The Morgan fingerprint density at radius 3 is 2.53 bits per heavy atom. The van der Waals surface area contributed by atoms with Crippen LogP contribution >= 0.6 is 23.1 Å². The smallest absolute Gasteiger partial charge is 0.0366 e. The molecule has 0 atom stereocenters. The monoisotopic (exact) mass is 256 g/mol. The molecular formula is C15H12S2. The first-order chi connectivity index (χ1) is 8.38. The Labute approximate surface area is 109 Å². The third kappa shape index (κ3) is 1.99. The molecule has 1 aromatic heterocycles. The third-order valence-corrected chi connectivity index (χ3v) is 4.74. The molecule has 0 nitrogen and oxygen atoms in total. The molecule has 17 heavy (non-hydrogen) atoms. The molecule has 0 amide bonds. The van der Waals surface area contributed by atoms with Crippen LogP contribution in [0.1, 0.15) is 0 Å². The summed E-state index contributed by atoms with van der Waals surface area (Å²) in [6.07, 6.45) is 2.13. The van der Waals surface area contributed by atoms with Crippen LogP contribution in [0.5, 0.6) is 0 Å². The quantitative estimate of drug-likeness (QED) is 0.561. The third-order valence-electron chi connectivity index (χ3n) is 2.80. The second kappa shape index (κ2) is 4.55. The zero-order chi connectivity index (χ0) is 11.7. The highest BCUT2D eigenvalue weighted by Gasteiger charge is 2.07. The molecule has 2 aromatic carbocycles. The van der Waals surface area contributed by atoms with Crippen molar-refractivity contribution in [1.82, 2.24) is 0 Å². The van der Waals surface area contributed by atoms with Crippen molar-refractivity contribution in [3.8, 4) is 10.4 Å². The number of hydrogen-bond donors (Lipinski definition) is 0. The largest absolute Gasteiger partial charge is 0.135 e. The van der Waals surface area contributed by atoms with Crippen LogP contribution in [0.15, 0.2) is 59.5 Å². The van der Waals surface area contributed by atoms with Crippen LogP contribution in [0.25, 0.3) is 20.5 Å². The van der Waals surface area contributed by atoms with Gasteiger partial charge in [-0.25, -0.2) is 0 Å². The molecule has 0 saturated carbocycles. The van der Waals surface area contributed by atoms with Gasteiger partial charge in [-0.1, -0.05) is 36.4 Å². The lowest BCUT2D eigenvalue weighted by molar-refractivity contribution is 1.47. The van der Waals surface area contributed by atoms with E-state index in [4.69, 9.17) is 0 Å². The fourth-order valence-corrected chi connectivity index (χ4v) is 3.74. The van der Waals surface area contributed by atoms with Crippen LogP contribution < -0.4 is 0 Å². The number of hydrogen-bond acceptors (Lipinski definition) is 2. The van der Waals surface area contributed by atoms with Gasteiger partial charge in [-0.15, -0.1) is 23.1 Å². The van der Waals surface area contributed by atoms with Crippen molar-refractivity contribution in [3.63, 3.8) is 0 Å². The van der Waals surface area contributed by atoms with Crippen molar-refractivity contribution in [3.05, 3.63) is 54.6 Å². The standard InChI is InChI=1S/C15H12S2/c1-16-14-9-5-3-7-12(14)15-10-11-6-2-4-8-13(11)17-15/h2-10H,1H3. The highest BCUT2D eigenvalue weighted by Crippen LogP contribution is 2.37. The lowest BCUT2D eigenvalue weighted by atomic mass is 10.1. The Morgan fingerprint density at radius 2 is 1.71 bits per heavy atom. The summed E-state index contributed by atoms with van der Waals surface area (Å²) < 4.78 is 1.36. The summed E-state index contributed by atoms with van der Waals surface area (Å²) in [6.45, 7) is 0. The van der Waals surface area contributed by atoms with Gasteiger partial charge in [0.05, 0.1) is 0 Å². The van der Waals surface area contributed by atoms with E-state index in [9.17, 15) is 0 Å². The Bertz CT molecular complexity index is 620. The Morgan fingerprint density at radius 1 is 0.941 bits per heavy atom. The van der Waals surface area contributed by atoms with Gasteiger partial charge in [-0.05, 0) is 29.8 Å². The molecule has 0 aliphatic carbocycles. The van der Waals surface area contributed by atoms with Gasteiger partial charge in [0.25, 0.3) is 0 Å². The van der Waals surface area contributed by atoms with Gasteiger partial charge >= 0.3 is 0 Å². The average molecular weight is 256 g/mol. The van der Waals surface area contributed by atoms with E-state index in [1.54, 1.807) is 11.8 Å². The number of benzene rings is 2. The second-order valence-corrected chi connectivity index (χ2v) is 5.78. The zero-order valence-electron chi connectivity index (χ0n) is 9.51. The van der Waals surface area contributed by atoms with Gasteiger partial charge in [-0.2, -0.15) is 0 Å². The Kier molecular flexibility index (Phi) is 2.91. The van der Waals surface area contributed by atoms with Crippen LogP contribution in [0, 0.1) is 0 Å². The van der Waals surface area contributed by atoms with Gasteiger partial charge in [-0.3, -0.25) is 0 Å². The maximum absolute atomic E-state index is 2.29. The summed E-state index contributed by atoms with van der Waals surface area (Å²) in [5, 5.41) is 1.34. The minimum atomic E-state index is 1.34.